The van der Waals surface area contributed by atoms with E-state index in [4.69, 9.17) is 4.74 Å². The Labute approximate surface area is 157 Å². The highest BCUT2D eigenvalue weighted by atomic mass is 32.2. The molecule has 0 atom stereocenters. The molecule has 3 amide bonds. The highest BCUT2D eigenvalue weighted by Crippen LogP contribution is 2.26. The molecule has 0 saturated carbocycles. The van der Waals surface area contributed by atoms with Crippen LogP contribution in [0.5, 0.6) is 0 Å². The summed E-state index contributed by atoms with van der Waals surface area (Å²) >= 11 is 0. The second-order valence-corrected chi connectivity index (χ2v) is 8.19. The third-order valence-corrected chi connectivity index (χ3v) is 6.19. The molecule has 2 saturated heterocycles. The molecule has 0 unspecified atom stereocenters. The molecule has 10 heteroatoms. The first-order chi connectivity index (χ1) is 12.8. The number of carbonyl (C=O) groups is 3. The minimum atomic E-state index is -3.68. The van der Waals surface area contributed by atoms with Crippen LogP contribution in [0.2, 0.25) is 0 Å². The molecular weight excluding hydrogens is 374 g/mol. The van der Waals surface area contributed by atoms with E-state index in [-0.39, 0.29) is 23.8 Å². The van der Waals surface area contributed by atoms with Gasteiger partial charge in [-0.2, -0.15) is 0 Å². The lowest BCUT2D eigenvalue weighted by Crippen LogP contribution is -2.50. The molecule has 9 nitrogen and oxygen atoms in total. The normalized spacial score (nSPS) is 19.3. The summed E-state index contributed by atoms with van der Waals surface area (Å²) in [5, 5.41) is 0. The van der Waals surface area contributed by atoms with Crippen LogP contribution in [-0.4, -0.2) is 74.7 Å². The first-order valence-corrected chi connectivity index (χ1v) is 10.3. The molecule has 0 spiro atoms. The van der Waals surface area contributed by atoms with E-state index in [1.54, 1.807) is 28.9 Å². The summed E-state index contributed by atoms with van der Waals surface area (Å²) in [4.78, 5) is 39.5. The summed E-state index contributed by atoms with van der Waals surface area (Å²) in [6, 6.07) is 6.05. The van der Waals surface area contributed by atoms with Gasteiger partial charge in [-0.05, 0) is 25.1 Å². The van der Waals surface area contributed by atoms with E-state index in [1.165, 1.54) is 12.1 Å². The Balaban J connectivity index is 1.72. The topological polar surface area (TPSA) is 104 Å². The second-order valence-electron chi connectivity index (χ2n) is 6.25. The molecular formula is C17H21N3O6S. The predicted octanol–water partition coefficient (Wildman–Crippen LogP) is 0.667. The lowest BCUT2D eigenvalue weighted by atomic mass is 10.1. The maximum absolute atomic E-state index is 12.8. The number of amides is 3. The Morgan fingerprint density at radius 3 is 2.37 bits per heavy atom. The SMILES string of the molecule is CCOC(=O)N1CCN(C(=O)c2cccc(N3C(=O)CCS3(=O)=O)c2)CC1. The van der Waals surface area contributed by atoms with Crippen molar-refractivity contribution in [3.63, 3.8) is 0 Å². The number of anilines is 1. The van der Waals surface area contributed by atoms with Gasteiger partial charge in [-0.15, -0.1) is 0 Å². The number of rotatable bonds is 3. The van der Waals surface area contributed by atoms with Crippen molar-refractivity contribution in [2.45, 2.75) is 13.3 Å². The van der Waals surface area contributed by atoms with E-state index in [2.05, 4.69) is 0 Å². The fraction of sp³-hybridized carbons (Fsp3) is 0.471. The first-order valence-electron chi connectivity index (χ1n) is 8.70. The van der Waals surface area contributed by atoms with Crippen LogP contribution in [0.15, 0.2) is 24.3 Å². The van der Waals surface area contributed by atoms with Crippen LogP contribution in [0.4, 0.5) is 10.5 Å². The van der Waals surface area contributed by atoms with Gasteiger partial charge < -0.3 is 14.5 Å². The van der Waals surface area contributed by atoms with Crippen molar-refractivity contribution in [3.8, 4) is 0 Å². The van der Waals surface area contributed by atoms with Gasteiger partial charge in [-0.3, -0.25) is 9.59 Å². The van der Waals surface area contributed by atoms with Gasteiger partial charge in [-0.1, -0.05) is 6.07 Å². The highest BCUT2D eigenvalue weighted by Gasteiger charge is 2.36. The molecule has 1 aromatic carbocycles. The van der Waals surface area contributed by atoms with Crippen LogP contribution >= 0.6 is 0 Å². The number of sulfonamides is 1. The maximum Gasteiger partial charge on any atom is 0.409 e. The molecule has 1 aromatic rings. The van der Waals surface area contributed by atoms with Crippen molar-refractivity contribution in [1.29, 1.82) is 0 Å². The summed E-state index contributed by atoms with van der Waals surface area (Å²) in [5.74, 6) is -0.994. The zero-order chi connectivity index (χ0) is 19.6. The molecule has 0 aliphatic carbocycles. The van der Waals surface area contributed by atoms with Crippen LogP contribution in [0, 0.1) is 0 Å². The Morgan fingerprint density at radius 1 is 1.11 bits per heavy atom. The number of piperazine rings is 1. The number of ether oxygens (including phenoxy) is 1. The molecule has 2 fully saturated rings. The summed E-state index contributed by atoms with van der Waals surface area (Å²) in [6.45, 7) is 3.46. The standard InChI is InChI=1S/C17H21N3O6S/c1-2-26-17(23)19-9-7-18(8-10-19)16(22)13-4-3-5-14(12-13)20-15(21)6-11-27(20,24)25/h3-5,12H,2,6-11H2,1H3. The molecule has 2 heterocycles. The Bertz CT molecular complexity index is 861. The maximum atomic E-state index is 12.8. The smallest absolute Gasteiger partial charge is 0.409 e. The number of benzene rings is 1. The van der Waals surface area contributed by atoms with Gasteiger partial charge in [0.25, 0.3) is 5.91 Å². The van der Waals surface area contributed by atoms with Gasteiger partial charge in [0.1, 0.15) is 0 Å². The van der Waals surface area contributed by atoms with E-state index >= 15 is 0 Å². The molecule has 0 aromatic heterocycles. The van der Waals surface area contributed by atoms with E-state index in [0.29, 0.717) is 38.3 Å². The lowest BCUT2D eigenvalue weighted by Gasteiger charge is -2.34. The minimum Gasteiger partial charge on any atom is -0.450 e. The summed E-state index contributed by atoms with van der Waals surface area (Å²) in [5.41, 5.74) is 0.473. The first kappa shape index (κ1) is 19.2. The van der Waals surface area contributed by atoms with E-state index in [9.17, 15) is 22.8 Å². The number of hydrogen-bond donors (Lipinski definition) is 0. The third kappa shape index (κ3) is 3.90. The van der Waals surface area contributed by atoms with Gasteiger partial charge >= 0.3 is 6.09 Å². The van der Waals surface area contributed by atoms with Gasteiger partial charge in [0.05, 0.1) is 18.0 Å². The largest absolute Gasteiger partial charge is 0.450 e. The fourth-order valence-electron chi connectivity index (χ4n) is 3.12. The fourth-order valence-corrected chi connectivity index (χ4v) is 4.58. The highest BCUT2D eigenvalue weighted by molar-refractivity contribution is 7.94. The molecule has 3 rings (SSSR count). The van der Waals surface area contributed by atoms with Gasteiger partial charge in [0.15, 0.2) is 0 Å². The Morgan fingerprint density at radius 2 is 1.78 bits per heavy atom. The summed E-state index contributed by atoms with van der Waals surface area (Å²) in [6.07, 6.45) is -0.458. The molecule has 27 heavy (non-hydrogen) atoms. The average Bonchev–Trinajstić information content (AvgIpc) is 2.94. The summed E-state index contributed by atoms with van der Waals surface area (Å²) in [7, 11) is -3.68. The number of nitrogens with zero attached hydrogens (tertiary/aromatic N) is 3. The van der Waals surface area contributed by atoms with Crippen molar-refractivity contribution in [3.05, 3.63) is 29.8 Å². The molecule has 0 N–H and O–H groups in total. The zero-order valence-electron chi connectivity index (χ0n) is 15.0. The third-order valence-electron chi connectivity index (χ3n) is 4.50. The second kappa shape index (κ2) is 7.55. The Kier molecular flexibility index (Phi) is 5.36. The predicted molar refractivity (Wildman–Crippen MR) is 96.8 cm³/mol. The van der Waals surface area contributed by atoms with Crippen LogP contribution in [0.3, 0.4) is 0 Å². The molecule has 2 aliphatic rings. The van der Waals surface area contributed by atoms with E-state index in [1.807, 2.05) is 0 Å². The lowest BCUT2D eigenvalue weighted by molar-refractivity contribution is -0.116. The van der Waals surface area contributed by atoms with Crippen molar-refractivity contribution in [2.24, 2.45) is 0 Å². The molecule has 146 valence electrons. The van der Waals surface area contributed by atoms with Crippen molar-refractivity contribution >= 4 is 33.6 Å². The zero-order valence-corrected chi connectivity index (χ0v) is 15.8. The molecule has 0 radical (unpaired) electrons. The van der Waals surface area contributed by atoms with Crippen molar-refractivity contribution in [2.75, 3.05) is 42.8 Å². The number of carbonyl (C=O) groups excluding carboxylic acids is 3. The van der Waals surface area contributed by atoms with Crippen LogP contribution in [0.25, 0.3) is 0 Å². The van der Waals surface area contributed by atoms with Gasteiger partial charge in [0.2, 0.25) is 15.9 Å². The van der Waals surface area contributed by atoms with Gasteiger partial charge in [-0.25, -0.2) is 17.5 Å². The van der Waals surface area contributed by atoms with Crippen LogP contribution in [-0.2, 0) is 19.6 Å². The van der Waals surface area contributed by atoms with E-state index in [0.717, 1.165) is 4.31 Å². The van der Waals surface area contributed by atoms with Crippen LogP contribution < -0.4 is 4.31 Å². The summed E-state index contributed by atoms with van der Waals surface area (Å²) < 4.78 is 29.9. The molecule has 0 bridgehead atoms. The van der Waals surface area contributed by atoms with Crippen molar-refractivity contribution < 1.29 is 27.5 Å². The monoisotopic (exact) mass is 395 g/mol. The van der Waals surface area contributed by atoms with Gasteiger partial charge in [0, 0.05) is 38.2 Å². The molecule has 2 aliphatic heterocycles. The average molecular weight is 395 g/mol. The quantitative estimate of drug-likeness (QED) is 0.745. The minimum absolute atomic E-state index is 0.0592. The number of hydrogen-bond acceptors (Lipinski definition) is 6. The van der Waals surface area contributed by atoms with Crippen molar-refractivity contribution in [1.82, 2.24) is 9.80 Å². The Hall–Kier alpha value is -2.62. The van der Waals surface area contributed by atoms with Crippen LogP contribution in [0.1, 0.15) is 23.7 Å². The van der Waals surface area contributed by atoms with E-state index < -0.39 is 22.0 Å².